The molecule has 2 amide bonds. The van der Waals surface area contributed by atoms with E-state index >= 15 is 0 Å². The van der Waals surface area contributed by atoms with Gasteiger partial charge in [0.2, 0.25) is 11.8 Å². The van der Waals surface area contributed by atoms with E-state index in [1.165, 1.54) is 6.92 Å². The molecule has 1 rings (SSSR count). The van der Waals surface area contributed by atoms with Crippen LogP contribution in [0, 0.1) is 5.41 Å². The Bertz CT molecular complexity index is 648. The van der Waals surface area contributed by atoms with Gasteiger partial charge in [-0.25, -0.2) is 0 Å². The monoisotopic (exact) mass is 376 g/mol. The fraction of sp³-hybridized carbons (Fsp3) is 0.571. The molecule has 1 unspecified atom stereocenters. The van der Waals surface area contributed by atoms with Gasteiger partial charge in [-0.15, -0.1) is 0 Å². The van der Waals surface area contributed by atoms with Crippen LogP contribution in [-0.4, -0.2) is 35.8 Å². The first-order valence-electron chi connectivity index (χ1n) is 9.15. The van der Waals surface area contributed by atoms with Crippen LogP contribution in [-0.2, 0) is 25.7 Å². The fourth-order valence-electron chi connectivity index (χ4n) is 2.40. The molecular weight excluding hydrogens is 344 g/mol. The molecule has 0 fully saturated rings. The summed E-state index contributed by atoms with van der Waals surface area (Å²) in [7, 11) is 0. The lowest BCUT2D eigenvalue weighted by molar-refractivity contribution is -0.135. The number of ether oxygens (including phenoxy) is 1. The SMILES string of the molecule is CC(=O)C(COCc1ccccc1)NC(=O)C(C)(C)NC(=O)CC(C)(C)C. The van der Waals surface area contributed by atoms with E-state index in [-0.39, 0.29) is 23.7 Å². The van der Waals surface area contributed by atoms with E-state index in [1.54, 1.807) is 13.8 Å². The second-order valence-electron chi connectivity index (χ2n) is 8.55. The number of ketones is 1. The second kappa shape index (κ2) is 9.65. The smallest absolute Gasteiger partial charge is 0.245 e. The quantitative estimate of drug-likeness (QED) is 0.694. The standard InChI is InChI=1S/C21H32N2O4/c1-15(24)17(14-27-13-16-10-8-7-9-11-16)22-19(26)21(5,6)23-18(25)12-20(2,3)4/h7-11,17H,12-14H2,1-6H3,(H,22,26)(H,23,25). The molecule has 0 spiro atoms. The molecular formula is C21H32N2O4. The number of rotatable bonds is 9. The highest BCUT2D eigenvalue weighted by Gasteiger charge is 2.33. The molecule has 0 saturated carbocycles. The summed E-state index contributed by atoms with van der Waals surface area (Å²) < 4.78 is 5.58. The van der Waals surface area contributed by atoms with Crippen LogP contribution in [0.5, 0.6) is 0 Å². The average Bonchev–Trinajstić information content (AvgIpc) is 2.52. The lowest BCUT2D eigenvalue weighted by atomic mass is 9.91. The van der Waals surface area contributed by atoms with Crippen molar-refractivity contribution in [3.63, 3.8) is 0 Å². The zero-order chi connectivity index (χ0) is 20.7. The molecule has 1 aromatic carbocycles. The van der Waals surface area contributed by atoms with Gasteiger partial charge in [0, 0.05) is 6.42 Å². The first kappa shape index (κ1) is 22.8. The first-order chi connectivity index (χ1) is 12.4. The molecule has 0 aliphatic heterocycles. The van der Waals surface area contributed by atoms with E-state index in [1.807, 2.05) is 51.1 Å². The highest BCUT2D eigenvalue weighted by Crippen LogP contribution is 2.18. The van der Waals surface area contributed by atoms with Crippen molar-refractivity contribution in [3.05, 3.63) is 35.9 Å². The number of amides is 2. The fourth-order valence-corrected chi connectivity index (χ4v) is 2.40. The van der Waals surface area contributed by atoms with Crippen LogP contribution in [0.2, 0.25) is 0 Å². The van der Waals surface area contributed by atoms with E-state index in [4.69, 9.17) is 4.74 Å². The summed E-state index contributed by atoms with van der Waals surface area (Å²) in [6, 6.07) is 8.82. The Morgan fingerprint density at radius 2 is 1.63 bits per heavy atom. The van der Waals surface area contributed by atoms with Crippen molar-refractivity contribution in [1.82, 2.24) is 10.6 Å². The highest BCUT2D eigenvalue weighted by atomic mass is 16.5. The zero-order valence-corrected chi connectivity index (χ0v) is 17.2. The molecule has 0 aliphatic rings. The van der Waals surface area contributed by atoms with E-state index in [9.17, 15) is 14.4 Å². The molecule has 0 radical (unpaired) electrons. The largest absolute Gasteiger partial charge is 0.374 e. The van der Waals surface area contributed by atoms with Crippen LogP contribution >= 0.6 is 0 Å². The Morgan fingerprint density at radius 1 is 1.04 bits per heavy atom. The van der Waals surface area contributed by atoms with Crippen LogP contribution < -0.4 is 10.6 Å². The van der Waals surface area contributed by atoms with Crippen LogP contribution in [0.15, 0.2) is 30.3 Å². The summed E-state index contributed by atoms with van der Waals surface area (Å²) in [5.41, 5.74) is -0.319. The van der Waals surface area contributed by atoms with Crippen LogP contribution in [0.4, 0.5) is 0 Å². The van der Waals surface area contributed by atoms with E-state index in [2.05, 4.69) is 10.6 Å². The Balaban J connectivity index is 2.60. The number of hydrogen-bond acceptors (Lipinski definition) is 4. The summed E-state index contributed by atoms with van der Waals surface area (Å²) in [6.45, 7) is 10.9. The summed E-state index contributed by atoms with van der Waals surface area (Å²) in [6.07, 6.45) is 0.306. The predicted octanol–water partition coefficient (Wildman–Crippen LogP) is 2.61. The van der Waals surface area contributed by atoms with Gasteiger partial charge in [0.25, 0.3) is 0 Å². The topological polar surface area (TPSA) is 84.5 Å². The average molecular weight is 376 g/mol. The normalized spacial score (nSPS) is 13.0. The molecule has 6 heteroatoms. The number of nitrogens with one attached hydrogen (secondary N) is 2. The molecule has 0 saturated heterocycles. The minimum absolute atomic E-state index is 0.0714. The first-order valence-corrected chi connectivity index (χ1v) is 9.15. The van der Waals surface area contributed by atoms with Crippen molar-refractivity contribution in [3.8, 4) is 0 Å². The lowest BCUT2D eigenvalue weighted by Gasteiger charge is -2.29. The predicted molar refractivity (Wildman–Crippen MR) is 105 cm³/mol. The molecule has 1 aromatic rings. The van der Waals surface area contributed by atoms with E-state index in [0.717, 1.165) is 5.56 Å². The third kappa shape index (κ3) is 8.82. The Morgan fingerprint density at radius 3 is 2.15 bits per heavy atom. The van der Waals surface area contributed by atoms with Gasteiger partial charge in [0.1, 0.15) is 11.6 Å². The maximum atomic E-state index is 12.6. The van der Waals surface area contributed by atoms with Crippen molar-refractivity contribution >= 4 is 17.6 Å². The molecule has 2 N–H and O–H groups in total. The molecule has 0 bridgehead atoms. The number of carbonyl (C=O) groups excluding carboxylic acids is 3. The summed E-state index contributed by atoms with van der Waals surface area (Å²) in [5.74, 6) is -0.830. The molecule has 27 heavy (non-hydrogen) atoms. The Labute approximate surface area is 162 Å². The van der Waals surface area contributed by atoms with Gasteiger partial charge in [-0.3, -0.25) is 14.4 Å². The minimum Gasteiger partial charge on any atom is -0.374 e. The lowest BCUT2D eigenvalue weighted by Crippen LogP contribution is -2.58. The molecule has 0 heterocycles. The van der Waals surface area contributed by atoms with Crippen molar-refractivity contribution in [1.29, 1.82) is 0 Å². The van der Waals surface area contributed by atoms with Crippen molar-refractivity contribution in [2.75, 3.05) is 6.61 Å². The van der Waals surface area contributed by atoms with Crippen molar-refractivity contribution in [2.24, 2.45) is 5.41 Å². The van der Waals surface area contributed by atoms with Gasteiger partial charge >= 0.3 is 0 Å². The maximum absolute atomic E-state index is 12.6. The van der Waals surface area contributed by atoms with E-state index in [0.29, 0.717) is 13.0 Å². The van der Waals surface area contributed by atoms with Gasteiger partial charge < -0.3 is 15.4 Å². The maximum Gasteiger partial charge on any atom is 0.245 e. The van der Waals surface area contributed by atoms with Crippen LogP contribution in [0.3, 0.4) is 0 Å². The molecule has 0 aliphatic carbocycles. The number of hydrogen-bond donors (Lipinski definition) is 2. The summed E-state index contributed by atoms with van der Waals surface area (Å²) in [5, 5.41) is 5.42. The second-order valence-corrected chi connectivity index (χ2v) is 8.55. The zero-order valence-electron chi connectivity index (χ0n) is 17.2. The van der Waals surface area contributed by atoms with E-state index < -0.39 is 17.5 Å². The molecule has 150 valence electrons. The number of benzene rings is 1. The minimum atomic E-state index is -1.13. The highest BCUT2D eigenvalue weighted by molar-refractivity contribution is 5.94. The van der Waals surface area contributed by atoms with Gasteiger partial charge in [0.15, 0.2) is 5.78 Å². The van der Waals surface area contributed by atoms with Gasteiger partial charge in [-0.05, 0) is 31.7 Å². The number of Topliss-reactive ketones (excluding diaryl/α,β-unsaturated/α-hetero) is 1. The van der Waals surface area contributed by atoms with Crippen LogP contribution in [0.25, 0.3) is 0 Å². The molecule has 6 nitrogen and oxygen atoms in total. The summed E-state index contributed by atoms with van der Waals surface area (Å²) >= 11 is 0. The number of carbonyl (C=O) groups is 3. The Kier molecular flexibility index (Phi) is 8.16. The Hall–Kier alpha value is -2.21. The van der Waals surface area contributed by atoms with Gasteiger partial charge in [-0.1, -0.05) is 51.1 Å². The van der Waals surface area contributed by atoms with Gasteiger partial charge in [-0.2, -0.15) is 0 Å². The van der Waals surface area contributed by atoms with Crippen molar-refractivity contribution in [2.45, 2.75) is 66.2 Å². The van der Waals surface area contributed by atoms with Crippen LogP contribution in [0.1, 0.15) is 53.5 Å². The summed E-state index contributed by atoms with van der Waals surface area (Å²) in [4.78, 5) is 36.6. The third-order valence-electron chi connectivity index (χ3n) is 3.90. The molecule has 0 aromatic heterocycles. The van der Waals surface area contributed by atoms with Crippen molar-refractivity contribution < 1.29 is 19.1 Å². The van der Waals surface area contributed by atoms with Gasteiger partial charge in [0.05, 0.1) is 13.2 Å². The third-order valence-corrected chi connectivity index (χ3v) is 3.90. The molecule has 1 atom stereocenters.